The van der Waals surface area contributed by atoms with Gasteiger partial charge in [-0.15, -0.1) is 0 Å². The average molecular weight is 495 g/mol. The van der Waals surface area contributed by atoms with Crippen LogP contribution in [0.3, 0.4) is 0 Å². The molecule has 2 saturated heterocycles. The van der Waals surface area contributed by atoms with Gasteiger partial charge in [0.15, 0.2) is 14.9 Å². The molecule has 0 spiro atoms. The summed E-state index contributed by atoms with van der Waals surface area (Å²) < 4.78 is 41.7. The summed E-state index contributed by atoms with van der Waals surface area (Å²) in [6, 6.07) is 3.63. The summed E-state index contributed by atoms with van der Waals surface area (Å²) in [5, 5.41) is 0.0705. The topological polar surface area (TPSA) is 95.0 Å². The number of fused-ring (bicyclic) bond motifs is 2. The van der Waals surface area contributed by atoms with Crippen LogP contribution in [0.5, 0.6) is 5.75 Å². The van der Waals surface area contributed by atoms with Crippen molar-refractivity contribution in [3.63, 3.8) is 0 Å². The van der Waals surface area contributed by atoms with Crippen molar-refractivity contribution in [2.45, 2.75) is 120 Å². The molecule has 0 unspecified atom stereocenters. The van der Waals surface area contributed by atoms with E-state index < -0.39 is 15.4 Å². The maximum Gasteiger partial charge on any atom is 0.410 e. The van der Waals surface area contributed by atoms with Gasteiger partial charge < -0.3 is 19.1 Å². The van der Waals surface area contributed by atoms with Crippen molar-refractivity contribution in [2.24, 2.45) is 0 Å². The monoisotopic (exact) mass is 494 g/mol. The fourth-order valence-corrected chi connectivity index (χ4v) is 6.06. The molecule has 0 radical (unpaired) electrons. The van der Waals surface area contributed by atoms with E-state index in [1.807, 2.05) is 25.7 Å². The van der Waals surface area contributed by atoms with Gasteiger partial charge >= 0.3 is 6.09 Å². The number of sulfone groups is 1. The number of carbonyl (C=O) groups is 1. The number of ether oxygens (including phenoxy) is 3. The fourth-order valence-electron chi connectivity index (χ4n) is 5.45. The van der Waals surface area contributed by atoms with Crippen LogP contribution in [-0.4, -0.2) is 66.6 Å². The Labute approximate surface area is 203 Å². The van der Waals surface area contributed by atoms with Crippen LogP contribution in [0.2, 0.25) is 0 Å². The summed E-state index contributed by atoms with van der Waals surface area (Å²) in [5.74, 6) is 0.642. The first-order valence-corrected chi connectivity index (χ1v) is 14.3. The SMILES string of the molecule is Cc1nc(S(C)(=O)=O)ccc1O[C@H]1CC[C@H](O[C@@H]2C[C@H]3CC[C@@H](C2)N3C(=O)OC(C)(C)C)CC1. The van der Waals surface area contributed by atoms with Crippen molar-refractivity contribution in [3.8, 4) is 5.75 Å². The molecule has 0 N–H and O–H groups in total. The largest absolute Gasteiger partial charge is 0.489 e. The standard InChI is InChI=1S/C25H38N2O6S/c1-16-22(12-13-23(26-16)34(5,29)30)32-20-10-8-19(9-11-20)31-21-14-17-6-7-18(15-21)27(17)24(28)33-25(2,3)4/h12-13,17-21H,6-11,14-15H2,1-5H3/t17-,18+,19-,20-,21-. The molecule has 3 atom stereocenters. The predicted molar refractivity (Wildman–Crippen MR) is 128 cm³/mol. The van der Waals surface area contributed by atoms with Crippen LogP contribution in [-0.2, 0) is 19.3 Å². The van der Waals surface area contributed by atoms with Gasteiger partial charge in [0, 0.05) is 18.3 Å². The highest BCUT2D eigenvalue weighted by Gasteiger charge is 2.45. The second-order valence-electron chi connectivity index (χ2n) is 11.0. The Morgan fingerprint density at radius 1 is 0.971 bits per heavy atom. The molecule has 9 heteroatoms. The molecular formula is C25H38N2O6S. The summed E-state index contributed by atoms with van der Waals surface area (Å²) in [5.41, 5.74) is 0.114. The average Bonchev–Trinajstić information content (AvgIpc) is 3.00. The van der Waals surface area contributed by atoms with E-state index in [0.29, 0.717) is 11.4 Å². The third-order valence-electron chi connectivity index (χ3n) is 6.99. The van der Waals surface area contributed by atoms with E-state index in [2.05, 4.69) is 4.98 Å². The molecule has 190 valence electrons. The molecule has 34 heavy (non-hydrogen) atoms. The maximum absolute atomic E-state index is 12.7. The second kappa shape index (κ2) is 9.64. The lowest BCUT2D eigenvalue weighted by atomic mass is 9.93. The van der Waals surface area contributed by atoms with Crippen LogP contribution in [0.25, 0.3) is 0 Å². The van der Waals surface area contributed by atoms with Crippen LogP contribution in [0.15, 0.2) is 17.2 Å². The molecule has 3 aliphatic rings. The van der Waals surface area contributed by atoms with Crippen molar-refractivity contribution in [3.05, 3.63) is 17.8 Å². The maximum atomic E-state index is 12.7. The Bertz CT molecular complexity index is 983. The minimum atomic E-state index is -3.33. The highest BCUT2D eigenvalue weighted by Crippen LogP contribution is 2.39. The number of hydrogen-bond acceptors (Lipinski definition) is 7. The molecule has 3 fully saturated rings. The van der Waals surface area contributed by atoms with E-state index in [0.717, 1.165) is 57.6 Å². The Morgan fingerprint density at radius 2 is 1.56 bits per heavy atom. The molecule has 1 aliphatic carbocycles. The number of pyridine rings is 1. The number of carbonyl (C=O) groups excluding carboxylic acids is 1. The Kier molecular flexibility index (Phi) is 7.16. The highest BCUT2D eigenvalue weighted by atomic mass is 32.2. The van der Waals surface area contributed by atoms with E-state index in [1.165, 1.54) is 6.07 Å². The van der Waals surface area contributed by atoms with Gasteiger partial charge in [-0.3, -0.25) is 0 Å². The smallest absolute Gasteiger partial charge is 0.410 e. The number of piperidine rings is 1. The van der Waals surface area contributed by atoms with Crippen LogP contribution in [0, 0.1) is 6.92 Å². The lowest BCUT2D eigenvalue weighted by Crippen LogP contribution is -2.50. The lowest BCUT2D eigenvalue weighted by molar-refractivity contribution is -0.0813. The summed E-state index contributed by atoms with van der Waals surface area (Å²) >= 11 is 0. The Morgan fingerprint density at radius 3 is 2.09 bits per heavy atom. The molecule has 0 aromatic carbocycles. The molecule has 2 bridgehead atoms. The van der Waals surface area contributed by atoms with Crippen molar-refractivity contribution >= 4 is 15.9 Å². The van der Waals surface area contributed by atoms with Crippen molar-refractivity contribution < 1.29 is 27.4 Å². The molecule has 3 heterocycles. The molecule has 8 nitrogen and oxygen atoms in total. The van der Waals surface area contributed by atoms with E-state index in [4.69, 9.17) is 14.2 Å². The predicted octanol–water partition coefficient (Wildman–Crippen LogP) is 4.43. The zero-order chi connectivity index (χ0) is 24.7. The lowest BCUT2D eigenvalue weighted by Gasteiger charge is -2.41. The summed E-state index contributed by atoms with van der Waals surface area (Å²) in [6.45, 7) is 7.50. The molecule has 1 amide bonds. The summed E-state index contributed by atoms with van der Waals surface area (Å²) in [4.78, 5) is 18.8. The zero-order valence-electron chi connectivity index (χ0n) is 21.0. The number of hydrogen-bond donors (Lipinski definition) is 0. The van der Waals surface area contributed by atoms with Crippen LogP contribution in [0.1, 0.15) is 77.8 Å². The van der Waals surface area contributed by atoms with Crippen molar-refractivity contribution in [2.75, 3.05) is 6.26 Å². The first-order valence-electron chi connectivity index (χ1n) is 12.4. The second-order valence-corrected chi connectivity index (χ2v) is 13.0. The Hall–Kier alpha value is -1.87. The van der Waals surface area contributed by atoms with Crippen LogP contribution >= 0.6 is 0 Å². The first-order chi connectivity index (χ1) is 15.9. The molecule has 1 saturated carbocycles. The number of amides is 1. The van der Waals surface area contributed by atoms with Gasteiger partial charge in [-0.1, -0.05) is 0 Å². The third-order valence-corrected chi connectivity index (χ3v) is 7.97. The van der Waals surface area contributed by atoms with E-state index in [9.17, 15) is 13.2 Å². The van der Waals surface area contributed by atoms with Gasteiger partial charge in [0.25, 0.3) is 0 Å². The third kappa shape index (κ3) is 6.03. The van der Waals surface area contributed by atoms with Gasteiger partial charge in [-0.05, 0) is 91.2 Å². The van der Waals surface area contributed by atoms with E-state index in [1.54, 1.807) is 13.0 Å². The zero-order valence-corrected chi connectivity index (χ0v) is 21.8. The number of rotatable bonds is 5. The van der Waals surface area contributed by atoms with Crippen LogP contribution < -0.4 is 4.74 Å². The molecule has 4 rings (SSSR count). The number of aromatic nitrogens is 1. The Balaban J connectivity index is 1.25. The summed E-state index contributed by atoms with van der Waals surface area (Å²) in [6.07, 6.45) is 8.89. The normalized spacial score (nSPS) is 29.7. The molecule has 1 aromatic rings. The van der Waals surface area contributed by atoms with Crippen molar-refractivity contribution in [1.82, 2.24) is 9.88 Å². The number of aryl methyl sites for hydroxylation is 1. The van der Waals surface area contributed by atoms with Gasteiger partial charge in [0.1, 0.15) is 11.4 Å². The van der Waals surface area contributed by atoms with Gasteiger partial charge in [0.05, 0.1) is 24.0 Å². The van der Waals surface area contributed by atoms with Gasteiger partial charge in [0.2, 0.25) is 0 Å². The number of nitrogens with zero attached hydrogens (tertiary/aromatic N) is 2. The van der Waals surface area contributed by atoms with Crippen molar-refractivity contribution in [1.29, 1.82) is 0 Å². The quantitative estimate of drug-likeness (QED) is 0.597. The van der Waals surface area contributed by atoms with Gasteiger partial charge in [-0.25, -0.2) is 18.2 Å². The van der Waals surface area contributed by atoms with Gasteiger partial charge in [-0.2, -0.15) is 0 Å². The fraction of sp³-hybridized carbons (Fsp3) is 0.760. The molecule has 1 aromatic heterocycles. The highest BCUT2D eigenvalue weighted by molar-refractivity contribution is 7.90. The first kappa shape index (κ1) is 25.2. The van der Waals surface area contributed by atoms with E-state index in [-0.39, 0.29) is 41.5 Å². The van der Waals surface area contributed by atoms with Crippen LogP contribution in [0.4, 0.5) is 4.79 Å². The van der Waals surface area contributed by atoms with E-state index >= 15 is 0 Å². The molecule has 2 aliphatic heterocycles. The minimum Gasteiger partial charge on any atom is -0.489 e. The summed E-state index contributed by atoms with van der Waals surface area (Å²) in [7, 11) is -3.33. The minimum absolute atomic E-state index is 0.0705. The molecular weight excluding hydrogens is 456 g/mol.